The fraction of sp³-hybridized carbons (Fsp3) is 0.269. The van der Waals surface area contributed by atoms with Crippen LogP contribution in [0.15, 0.2) is 78.9 Å². The Morgan fingerprint density at radius 1 is 1.00 bits per heavy atom. The van der Waals surface area contributed by atoms with Gasteiger partial charge in [0, 0.05) is 23.8 Å². The van der Waals surface area contributed by atoms with Crippen LogP contribution in [-0.2, 0) is 17.9 Å². The highest BCUT2D eigenvalue weighted by Crippen LogP contribution is 2.24. The van der Waals surface area contributed by atoms with Gasteiger partial charge in [0.05, 0.1) is 5.92 Å². The van der Waals surface area contributed by atoms with E-state index in [1.54, 1.807) is 0 Å². The molecule has 1 N–H and O–H groups in total. The zero-order valence-electron chi connectivity index (χ0n) is 17.5. The van der Waals surface area contributed by atoms with E-state index in [1.165, 1.54) is 0 Å². The Morgan fingerprint density at radius 2 is 1.74 bits per heavy atom. The molecule has 1 aliphatic rings. The van der Waals surface area contributed by atoms with Crippen LogP contribution in [0.5, 0.6) is 5.75 Å². The van der Waals surface area contributed by atoms with Gasteiger partial charge in [-0.3, -0.25) is 9.69 Å². The van der Waals surface area contributed by atoms with E-state index >= 15 is 0 Å². The second-order valence-electron chi connectivity index (χ2n) is 7.95. The van der Waals surface area contributed by atoms with Crippen molar-refractivity contribution in [2.75, 3.05) is 18.4 Å². The van der Waals surface area contributed by atoms with Gasteiger partial charge >= 0.3 is 0 Å². The van der Waals surface area contributed by atoms with Crippen molar-refractivity contribution in [3.8, 4) is 5.75 Å². The zero-order valence-corrected chi connectivity index (χ0v) is 18.2. The SMILES string of the molecule is O=C(Nc1ccc(OCc2ccccc2)cc1)C1CCCN(Cc2ccccc2Cl)C1. The van der Waals surface area contributed by atoms with Gasteiger partial charge in [0.1, 0.15) is 12.4 Å². The van der Waals surface area contributed by atoms with Crippen molar-refractivity contribution in [3.05, 3.63) is 95.0 Å². The first-order valence-electron chi connectivity index (χ1n) is 10.7. The maximum atomic E-state index is 12.8. The van der Waals surface area contributed by atoms with E-state index in [1.807, 2.05) is 78.9 Å². The van der Waals surface area contributed by atoms with Crippen molar-refractivity contribution in [1.82, 2.24) is 4.90 Å². The van der Waals surface area contributed by atoms with Crippen LogP contribution in [0.25, 0.3) is 0 Å². The van der Waals surface area contributed by atoms with E-state index in [2.05, 4.69) is 10.2 Å². The zero-order chi connectivity index (χ0) is 21.5. The summed E-state index contributed by atoms with van der Waals surface area (Å²) in [6.45, 7) is 3.03. The molecule has 1 amide bonds. The lowest BCUT2D eigenvalue weighted by molar-refractivity contribution is -0.121. The van der Waals surface area contributed by atoms with Crippen molar-refractivity contribution < 1.29 is 9.53 Å². The molecule has 3 aromatic carbocycles. The van der Waals surface area contributed by atoms with E-state index in [4.69, 9.17) is 16.3 Å². The van der Waals surface area contributed by atoms with Gasteiger partial charge in [0.15, 0.2) is 0 Å². The van der Waals surface area contributed by atoms with Crippen molar-refractivity contribution in [2.45, 2.75) is 26.0 Å². The lowest BCUT2D eigenvalue weighted by Gasteiger charge is -2.32. The second-order valence-corrected chi connectivity index (χ2v) is 8.36. The molecule has 160 valence electrons. The summed E-state index contributed by atoms with van der Waals surface area (Å²) in [5.74, 6) is 0.831. The summed E-state index contributed by atoms with van der Waals surface area (Å²) in [6, 6.07) is 25.5. The monoisotopic (exact) mass is 434 g/mol. The van der Waals surface area contributed by atoms with Gasteiger partial charge in [0.25, 0.3) is 0 Å². The van der Waals surface area contributed by atoms with Crippen LogP contribution in [0.3, 0.4) is 0 Å². The quantitative estimate of drug-likeness (QED) is 0.513. The number of benzene rings is 3. The van der Waals surface area contributed by atoms with Crippen LogP contribution in [0.1, 0.15) is 24.0 Å². The van der Waals surface area contributed by atoms with E-state index in [0.717, 1.165) is 60.1 Å². The van der Waals surface area contributed by atoms with Crippen LogP contribution in [-0.4, -0.2) is 23.9 Å². The van der Waals surface area contributed by atoms with Crippen molar-refractivity contribution in [2.24, 2.45) is 5.92 Å². The van der Waals surface area contributed by atoms with Crippen LogP contribution in [0, 0.1) is 5.92 Å². The number of anilines is 1. The first-order valence-corrected chi connectivity index (χ1v) is 11.1. The fourth-order valence-electron chi connectivity index (χ4n) is 3.90. The molecule has 31 heavy (non-hydrogen) atoms. The molecule has 0 aromatic heterocycles. The summed E-state index contributed by atoms with van der Waals surface area (Å²) < 4.78 is 5.82. The van der Waals surface area contributed by atoms with Gasteiger partial charge < -0.3 is 10.1 Å². The summed E-state index contributed by atoms with van der Waals surface area (Å²) in [5, 5.41) is 3.84. The number of hydrogen-bond donors (Lipinski definition) is 1. The molecule has 1 atom stereocenters. The molecule has 1 unspecified atom stereocenters. The summed E-state index contributed by atoms with van der Waals surface area (Å²) >= 11 is 6.30. The molecule has 1 fully saturated rings. The van der Waals surface area contributed by atoms with Crippen molar-refractivity contribution >= 4 is 23.2 Å². The molecule has 1 heterocycles. The van der Waals surface area contributed by atoms with Crippen molar-refractivity contribution in [3.63, 3.8) is 0 Å². The molecular weight excluding hydrogens is 408 g/mol. The lowest BCUT2D eigenvalue weighted by Crippen LogP contribution is -2.40. The largest absolute Gasteiger partial charge is 0.489 e. The average molecular weight is 435 g/mol. The molecule has 0 bridgehead atoms. The normalized spacial score (nSPS) is 16.6. The molecule has 4 nitrogen and oxygen atoms in total. The van der Waals surface area contributed by atoms with Gasteiger partial charge in [-0.1, -0.05) is 60.1 Å². The molecule has 3 aromatic rings. The van der Waals surface area contributed by atoms with Gasteiger partial charge in [-0.15, -0.1) is 0 Å². The highest BCUT2D eigenvalue weighted by molar-refractivity contribution is 6.31. The third-order valence-electron chi connectivity index (χ3n) is 5.60. The predicted molar refractivity (Wildman–Crippen MR) is 125 cm³/mol. The first kappa shape index (κ1) is 21.4. The van der Waals surface area contributed by atoms with Gasteiger partial charge in [-0.25, -0.2) is 0 Å². The highest BCUT2D eigenvalue weighted by atomic mass is 35.5. The molecule has 0 saturated carbocycles. The number of rotatable bonds is 7. The molecule has 4 rings (SSSR count). The third kappa shape index (κ3) is 6.09. The predicted octanol–water partition coefficient (Wildman–Crippen LogP) is 5.77. The summed E-state index contributed by atoms with van der Waals surface area (Å²) in [5.41, 5.74) is 3.02. The molecule has 0 spiro atoms. The minimum Gasteiger partial charge on any atom is -0.489 e. The lowest BCUT2D eigenvalue weighted by atomic mass is 9.96. The fourth-order valence-corrected chi connectivity index (χ4v) is 4.10. The van der Waals surface area contributed by atoms with E-state index in [9.17, 15) is 4.79 Å². The first-order chi connectivity index (χ1) is 15.2. The maximum absolute atomic E-state index is 12.8. The maximum Gasteiger partial charge on any atom is 0.228 e. The van der Waals surface area contributed by atoms with E-state index < -0.39 is 0 Å². The van der Waals surface area contributed by atoms with Gasteiger partial charge in [-0.2, -0.15) is 0 Å². The minimum absolute atomic E-state index is 0.0229. The summed E-state index contributed by atoms with van der Waals surface area (Å²) in [7, 11) is 0. The number of piperidine rings is 1. The standard InChI is InChI=1S/C26H27ClN2O2/c27-25-11-5-4-9-21(25)17-29-16-6-10-22(18-29)26(30)28-23-12-14-24(15-13-23)31-19-20-7-2-1-3-8-20/h1-5,7-9,11-15,22H,6,10,16-19H2,(H,28,30). The molecule has 0 aliphatic carbocycles. The second kappa shape index (κ2) is 10.5. The molecule has 0 radical (unpaired) electrons. The Bertz CT molecular complexity index is 992. The Hall–Kier alpha value is -2.82. The smallest absolute Gasteiger partial charge is 0.228 e. The van der Waals surface area contributed by atoms with Gasteiger partial charge in [0.2, 0.25) is 5.91 Å². The van der Waals surface area contributed by atoms with Crippen LogP contribution >= 0.6 is 11.6 Å². The number of carbonyl (C=O) groups is 1. The number of nitrogens with zero attached hydrogens (tertiary/aromatic N) is 1. The van der Waals surface area contributed by atoms with Crippen molar-refractivity contribution in [1.29, 1.82) is 0 Å². The number of hydrogen-bond acceptors (Lipinski definition) is 3. The highest BCUT2D eigenvalue weighted by Gasteiger charge is 2.26. The van der Waals surface area contributed by atoms with E-state index in [0.29, 0.717) is 6.61 Å². The molecule has 1 saturated heterocycles. The number of amides is 1. The number of carbonyl (C=O) groups excluding carboxylic acids is 1. The topological polar surface area (TPSA) is 41.6 Å². The number of likely N-dealkylation sites (tertiary alicyclic amines) is 1. The molecule has 5 heteroatoms. The summed E-state index contributed by atoms with van der Waals surface area (Å²) in [6.07, 6.45) is 1.91. The van der Waals surface area contributed by atoms with Crippen LogP contribution < -0.4 is 10.1 Å². The van der Waals surface area contributed by atoms with Gasteiger partial charge in [-0.05, 0) is 60.8 Å². The minimum atomic E-state index is -0.0229. The Balaban J connectivity index is 1.28. The molecular formula is C26H27ClN2O2. The Kier molecular flexibility index (Phi) is 7.23. The number of nitrogens with one attached hydrogen (secondary N) is 1. The van der Waals surface area contributed by atoms with E-state index in [-0.39, 0.29) is 11.8 Å². The number of halogens is 1. The Labute approximate surface area is 188 Å². The average Bonchev–Trinajstić information content (AvgIpc) is 2.81. The van der Waals surface area contributed by atoms with Crippen LogP contribution in [0.4, 0.5) is 5.69 Å². The van der Waals surface area contributed by atoms with Crippen LogP contribution in [0.2, 0.25) is 5.02 Å². The third-order valence-corrected chi connectivity index (χ3v) is 5.97. The summed E-state index contributed by atoms with van der Waals surface area (Å²) in [4.78, 5) is 15.1. The Morgan fingerprint density at radius 3 is 2.52 bits per heavy atom. The molecule has 1 aliphatic heterocycles. The number of ether oxygens (including phenoxy) is 1.